The molecule has 0 amide bonds. The first-order chi connectivity index (χ1) is 11.6. The van der Waals surface area contributed by atoms with E-state index in [0.717, 1.165) is 29.0 Å². The average molecular weight is 323 g/mol. The molecule has 0 spiro atoms. The molecule has 24 heavy (non-hydrogen) atoms. The maximum absolute atomic E-state index is 10.9. The van der Waals surface area contributed by atoms with Crippen LogP contribution in [0.25, 0.3) is 11.0 Å². The number of aromatic nitrogens is 2. The molecule has 5 nitrogen and oxygen atoms in total. The van der Waals surface area contributed by atoms with Crippen LogP contribution in [0.15, 0.2) is 48.5 Å². The van der Waals surface area contributed by atoms with Gasteiger partial charge in [-0.1, -0.05) is 24.3 Å². The summed E-state index contributed by atoms with van der Waals surface area (Å²) in [5.74, 6) is 0.111. The van der Waals surface area contributed by atoms with Crippen LogP contribution in [0.2, 0.25) is 0 Å². The van der Waals surface area contributed by atoms with Gasteiger partial charge in [-0.15, -0.1) is 0 Å². The topological polar surface area (TPSA) is 67.2 Å². The largest absolute Gasteiger partial charge is 0.478 e. The molecule has 0 saturated carbocycles. The van der Waals surface area contributed by atoms with Gasteiger partial charge >= 0.3 is 5.97 Å². The van der Waals surface area contributed by atoms with E-state index in [-0.39, 0.29) is 6.04 Å². The van der Waals surface area contributed by atoms with Gasteiger partial charge in [0, 0.05) is 13.1 Å². The summed E-state index contributed by atoms with van der Waals surface area (Å²) in [6, 6.07) is 15.2. The minimum absolute atomic E-state index is 0.0940. The minimum atomic E-state index is -0.903. The monoisotopic (exact) mass is 323 g/mol. The third kappa shape index (κ3) is 3.16. The van der Waals surface area contributed by atoms with E-state index < -0.39 is 5.97 Å². The van der Waals surface area contributed by atoms with Crippen LogP contribution in [-0.4, -0.2) is 20.6 Å². The smallest absolute Gasteiger partial charge is 0.335 e. The Balaban J connectivity index is 1.75. The molecule has 1 atom stereocenters. The maximum atomic E-state index is 10.9. The molecule has 0 saturated heterocycles. The Bertz CT molecular complexity index is 853. The van der Waals surface area contributed by atoms with Crippen molar-refractivity contribution < 1.29 is 9.90 Å². The third-order valence-electron chi connectivity index (χ3n) is 4.20. The summed E-state index contributed by atoms with van der Waals surface area (Å²) in [4.78, 5) is 15.6. The Morgan fingerprint density at radius 3 is 2.58 bits per heavy atom. The van der Waals surface area contributed by atoms with Gasteiger partial charge in [0.1, 0.15) is 5.82 Å². The van der Waals surface area contributed by atoms with E-state index in [0.29, 0.717) is 12.1 Å². The van der Waals surface area contributed by atoms with Crippen LogP contribution in [-0.2, 0) is 13.1 Å². The lowest BCUT2D eigenvalue weighted by Gasteiger charge is -2.15. The Labute approximate surface area is 141 Å². The first-order valence-electron chi connectivity index (χ1n) is 8.11. The number of aryl methyl sites for hydroxylation is 1. The number of carboxylic acids is 1. The van der Waals surface area contributed by atoms with Gasteiger partial charge in [-0.05, 0) is 43.7 Å². The van der Waals surface area contributed by atoms with Crippen molar-refractivity contribution in [3.05, 3.63) is 65.5 Å². The van der Waals surface area contributed by atoms with Crippen molar-refractivity contribution >= 4 is 17.0 Å². The number of benzene rings is 2. The summed E-state index contributed by atoms with van der Waals surface area (Å²) in [7, 11) is 0. The number of rotatable bonds is 6. The number of aromatic carboxylic acids is 1. The number of hydrogen-bond donors (Lipinski definition) is 2. The first-order valence-corrected chi connectivity index (χ1v) is 8.11. The van der Waals surface area contributed by atoms with Crippen molar-refractivity contribution in [1.82, 2.24) is 14.9 Å². The summed E-state index contributed by atoms with van der Waals surface area (Å²) in [6.07, 6.45) is 0. The molecule has 1 aromatic heterocycles. The van der Waals surface area contributed by atoms with Crippen LogP contribution in [0.4, 0.5) is 0 Å². The van der Waals surface area contributed by atoms with Crippen LogP contribution < -0.4 is 5.32 Å². The number of nitrogens with one attached hydrogen (secondary N) is 1. The second-order valence-electron chi connectivity index (χ2n) is 5.81. The van der Waals surface area contributed by atoms with Gasteiger partial charge in [0.15, 0.2) is 0 Å². The van der Waals surface area contributed by atoms with Gasteiger partial charge < -0.3 is 15.0 Å². The molecule has 1 heterocycles. The average Bonchev–Trinajstić information content (AvgIpc) is 2.98. The quantitative estimate of drug-likeness (QED) is 0.727. The fraction of sp³-hybridized carbons (Fsp3) is 0.263. The Hall–Kier alpha value is -2.66. The lowest BCUT2D eigenvalue weighted by atomic mass is 10.1. The zero-order chi connectivity index (χ0) is 17.1. The third-order valence-corrected chi connectivity index (χ3v) is 4.20. The van der Waals surface area contributed by atoms with Gasteiger partial charge in [-0.3, -0.25) is 0 Å². The second kappa shape index (κ2) is 6.84. The molecular weight excluding hydrogens is 302 g/mol. The summed E-state index contributed by atoms with van der Waals surface area (Å²) >= 11 is 0. The molecular formula is C19H21N3O2. The minimum Gasteiger partial charge on any atom is -0.478 e. The molecule has 124 valence electrons. The van der Waals surface area contributed by atoms with Crippen LogP contribution in [0.1, 0.15) is 41.6 Å². The van der Waals surface area contributed by atoms with E-state index in [1.165, 1.54) is 0 Å². The van der Waals surface area contributed by atoms with E-state index in [1.54, 1.807) is 12.1 Å². The normalized spacial score (nSPS) is 12.4. The number of hydrogen-bond acceptors (Lipinski definition) is 3. The fourth-order valence-electron chi connectivity index (χ4n) is 2.88. The van der Waals surface area contributed by atoms with E-state index in [9.17, 15) is 4.79 Å². The van der Waals surface area contributed by atoms with Crippen LogP contribution >= 0.6 is 0 Å². The van der Waals surface area contributed by atoms with E-state index in [1.807, 2.05) is 30.3 Å². The van der Waals surface area contributed by atoms with Crippen LogP contribution in [0.5, 0.6) is 0 Å². The molecule has 0 aliphatic rings. The van der Waals surface area contributed by atoms with Crippen molar-refractivity contribution in [3.63, 3.8) is 0 Å². The van der Waals surface area contributed by atoms with Gasteiger partial charge in [-0.25, -0.2) is 9.78 Å². The number of para-hydroxylation sites is 2. The summed E-state index contributed by atoms with van der Waals surface area (Å²) in [6.45, 7) is 5.75. The highest BCUT2D eigenvalue weighted by Crippen LogP contribution is 2.21. The number of nitrogens with zero attached hydrogens (tertiary/aromatic N) is 2. The summed E-state index contributed by atoms with van der Waals surface area (Å²) in [5.41, 5.74) is 3.51. The van der Waals surface area contributed by atoms with Gasteiger partial charge in [-0.2, -0.15) is 0 Å². The predicted octanol–water partition coefficient (Wildman–Crippen LogP) is 3.61. The molecule has 1 unspecified atom stereocenters. The van der Waals surface area contributed by atoms with Crippen molar-refractivity contribution in [2.75, 3.05) is 0 Å². The molecule has 0 aliphatic carbocycles. The Morgan fingerprint density at radius 2 is 1.92 bits per heavy atom. The van der Waals surface area contributed by atoms with Gasteiger partial charge in [0.05, 0.1) is 22.6 Å². The second-order valence-corrected chi connectivity index (χ2v) is 5.81. The fourth-order valence-corrected chi connectivity index (χ4v) is 2.88. The van der Waals surface area contributed by atoms with Gasteiger partial charge in [0.2, 0.25) is 0 Å². The molecule has 2 N–H and O–H groups in total. The molecule has 2 aromatic carbocycles. The van der Waals surface area contributed by atoms with E-state index in [2.05, 4.69) is 29.8 Å². The summed E-state index contributed by atoms with van der Waals surface area (Å²) < 4.78 is 2.22. The lowest BCUT2D eigenvalue weighted by Crippen LogP contribution is -2.21. The van der Waals surface area contributed by atoms with Gasteiger partial charge in [0.25, 0.3) is 0 Å². The Kier molecular flexibility index (Phi) is 4.62. The van der Waals surface area contributed by atoms with Crippen molar-refractivity contribution in [2.45, 2.75) is 33.0 Å². The summed E-state index contributed by atoms with van der Waals surface area (Å²) in [5, 5.41) is 12.4. The molecule has 0 bridgehead atoms. The number of carboxylic acid groups (broad SMARTS) is 1. The molecule has 5 heteroatoms. The SMILES string of the molecule is CCn1c(C(C)NCc2ccc(C(=O)O)cc2)nc2ccccc21. The molecule has 0 radical (unpaired) electrons. The van der Waals surface area contributed by atoms with E-state index >= 15 is 0 Å². The molecule has 3 aromatic rings. The van der Waals surface area contributed by atoms with Crippen molar-refractivity contribution in [3.8, 4) is 0 Å². The number of imidazole rings is 1. The zero-order valence-corrected chi connectivity index (χ0v) is 13.9. The lowest BCUT2D eigenvalue weighted by molar-refractivity contribution is 0.0697. The zero-order valence-electron chi connectivity index (χ0n) is 13.9. The Morgan fingerprint density at radius 1 is 1.21 bits per heavy atom. The van der Waals surface area contributed by atoms with E-state index in [4.69, 9.17) is 10.1 Å². The maximum Gasteiger partial charge on any atom is 0.335 e. The molecule has 0 aliphatic heterocycles. The predicted molar refractivity (Wildman–Crippen MR) is 94.1 cm³/mol. The molecule has 3 rings (SSSR count). The van der Waals surface area contributed by atoms with Crippen molar-refractivity contribution in [1.29, 1.82) is 0 Å². The van der Waals surface area contributed by atoms with Crippen LogP contribution in [0.3, 0.4) is 0 Å². The highest BCUT2D eigenvalue weighted by Gasteiger charge is 2.15. The highest BCUT2D eigenvalue weighted by molar-refractivity contribution is 5.87. The van der Waals surface area contributed by atoms with Crippen molar-refractivity contribution in [2.24, 2.45) is 0 Å². The van der Waals surface area contributed by atoms with Crippen LogP contribution in [0, 0.1) is 0 Å². The first kappa shape index (κ1) is 16.2. The number of carbonyl (C=O) groups is 1. The standard InChI is InChI=1S/C19H21N3O2/c1-3-22-17-7-5-4-6-16(17)21-18(22)13(2)20-12-14-8-10-15(11-9-14)19(23)24/h4-11,13,20H,3,12H2,1-2H3,(H,23,24). The number of fused-ring (bicyclic) bond motifs is 1. The highest BCUT2D eigenvalue weighted by atomic mass is 16.4. The molecule has 0 fully saturated rings.